The molecule has 2 aromatic carbocycles. The summed E-state index contributed by atoms with van der Waals surface area (Å²) in [5.74, 6) is 0.628. The lowest BCUT2D eigenvalue weighted by Crippen LogP contribution is -2.18. The molecule has 1 heterocycles. The van der Waals surface area contributed by atoms with Crippen molar-refractivity contribution in [1.82, 2.24) is 0 Å². The third kappa shape index (κ3) is 2.54. The molecular weight excluding hydrogens is 281 g/mol. The number of aryl methyl sites for hydroxylation is 1. The van der Waals surface area contributed by atoms with E-state index in [4.69, 9.17) is 4.74 Å². The van der Waals surface area contributed by atoms with Gasteiger partial charge in [0.25, 0.3) is 0 Å². The molecule has 2 N–H and O–H groups in total. The summed E-state index contributed by atoms with van der Waals surface area (Å²) in [6.45, 7) is 3.10. The Balaban J connectivity index is 1.88. The Morgan fingerprint density at radius 3 is 2.86 bits per heavy atom. The fourth-order valence-electron chi connectivity index (χ4n) is 2.73. The van der Waals surface area contributed by atoms with Crippen molar-refractivity contribution in [2.75, 3.05) is 36.4 Å². The van der Waals surface area contributed by atoms with Crippen molar-refractivity contribution in [1.29, 1.82) is 0 Å². The molecule has 22 heavy (non-hydrogen) atoms. The van der Waals surface area contributed by atoms with Crippen LogP contribution in [0.3, 0.4) is 0 Å². The first-order valence-electron chi connectivity index (χ1n) is 7.25. The van der Waals surface area contributed by atoms with Crippen LogP contribution in [0.4, 0.5) is 21.5 Å². The monoisotopic (exact) mass is 301 g/mol. The van der Waals surface area contributed by atoms with Gasteiger partial charge in [-0.2, -0.15) is 0 Å². The molecule has 0 aromatic heterocycles. The number of ether oxygens (including phenoxy) is 1. The molecule has 3 rings (SSSR count). The maximum Gasteiger partial charge on any atom is 0.128 e. The highest BCUT2D eigenvalue weighted by Gasteiger charge is 2.22. The van der Waals surface area contributed by atoms with Gasteiger partial charge in [-0.05, 0) is 36.8 Å². The van der Waals surface area contributed by atoms with Crippen LogP contribution in [-0.2, 0) is 6.54 Å². The summed E-state index contributed by atoms with van der Waals surface area (Å²) in [4.78, 5) is 2.14. The van der Waals surface area contributed by atoms with E-state index in [-0.39, 0.29) is 5.82 Å². The van der Waals surface area contributed by atoms with Gasteiger partial charge in [-0.3, -0.25) is 0 Å². The van der Waals surface area contributed by atoms with Crippen LogP contribution in [-0.4, -0.2) is 20.8 Å². The van der Waals surface area contributed by atoms with Crippen molar-refractivity contribution in [2.24, 2.45) is 0 Å². The number of methoxy groups -OCH3 is 1. The van der Waals surface area contributed by atoms with Gasteiger partial charge in [0.15, 0.2) is 0 Å². The Kier molecular flexibility index (Phi) is 3.79. The molecule has 0 spiro atoms. The normalized spacial score (nSPS) is 12.8. The second-order valence-corrected chi connectivity index (χ2v) is 5.49. The first-order chi connectivity index (χ1) is 10.6. The number of rotatable bonds is 4. The van der Waals surface area contributed by atoms with Gasteiger partial charge in [0.2, 0.25) is 0 Å². The maximum absolute atomic E-state index is 13.6. The zero-order chi connectivity index (χ0) is 15.7. The minimum absolute atomic E-state index is 0.200. The lowest BCUT2D eigenvalue weighted by atomic mass is 10.1. The summed E-state index contributed by atoms with van der Waals surface area (Å²) in [5, 5.41) is 6.62. The predicted octanol–water partition coefficient (Wildman–Crippen LogP) is 3.57. The molecule has 0 radical (unpaired) electrons. The van der Waals surface area contributed by atoms with Gasteiger partial charge in [0.1, 0.15) is 11.6 Å². The standard InChI is InChI=1S/C17H20FN3O/c1-11-4-5-12(8-14(11)18)19-9-13-16(22-3)7-6-15-17(13)21(2)10-20-15/h4-8,19-20H,9-10H2,1-3H3. The molecule has 5 heteroatoms. The number of hydrogen-bond donors (Lipinski definition) is 2. The van der Waals surface area contributed by atoms with Crippen LogP contribution in [0.25, 0.3) is 0 Å². The Morgan fingerprint density at radius 1 is 1.32 bits per heavy atom. The molecule has 4 nitrogen and oxygen atoms in total. The number of fused-ring (bicyclic) bond motifs is 1. The van der Waals surface area contributed by atoms with E-state index in [2.05, 4.69) is 15.5 Å². The number of halogens is 1. The SMILES string of the molecule is COc1ccc2c(c1CNc1ccc(C)c(F)c1)N(C)CN2. The minimum atomic E-state index is -0.200. The van der Waals surface area contributed by atoms with Crippen molar-refractivity contribution in [3.63, 3.8) is 0 Å². The third-order valence-electron chi connectivity index (χ3n) is 3.99. The van der Waals surface area contributed by atoms with Crippen molar-refractivity contribution < 1.29 is 9.13 Å². The highest BCUT2D eigenvalue weighted by Crippen LogP contribution is 2.39. The zero-order valence-corrected chi connectivity index (χ0v) is 13.0. The minimum Gasteiger partial charge on any atom is -0.496 e. The number of hydrogen-bond acceptors (Lipinski definition) is 4. The highest BCUT2D eigenvalue weighted by molar-refractivity contribution is 5.80. The van der Waals surface area contributed by atoms with E-state index < -0.39 is 0 Å². The molecule has 0 saturated heterocycles. The predicted molar refractivity (Wildman–Crippen MR) is 88.4 cm³/mol. The van der Waals surface area contributed by atoms with Crippen LogP contribution in [0, 0.1) is 12.7 Å². The van der Waals surface area contributed by atoms with E-state index in [1.807, 2.05) is 25.2 Å². The molecule has 0 fully saturated rings. The highest BCUT2D eigenvalue weighted by atomic mass is 19.1. The molecule has 0 atom stereocenters. The second-order valence-electron chi connectivity index (χ2n) is 5.49. The fourth-order valence-corrected chi connectivity index (χ4v) is 2.73. The van der Waals surface area contributed by atoms with E-state index in [9.17, 15) is 4.39 Å². The van der Waals surface area contributed by atoms with Gasteiger partial charge < -0.3 is 20.3 Å². The van der Waals surface area contributed by atoms with Crippen molar-refractivity contribution in [2.45, 2.75) is 13.5 Å². The van der Waals surface area contributed by atoms with Crippen molar-refractivity contribution in [3.8, 4) is 5.75 Å². The molecule has 0 unspecified atom stereocenters. The Labute approximate surface area is 129 Å². The third-order valence-corrected chi connectivity index (χ3v) is 3.99. The van der Waals surface area contributed by atoms with Crippen LogP contribution >= 0.6 is 0 Å². The van der Waals surface area contributed by atoms with Crippen LogP contribution in [0.5, 0.6) is 5.75 Å². The van der Waals surface area contributed by atoms with Crippen LogP contribution in [0.2, 0.25) is 0 Å². The first-order valence-corrected chi connectivity index (χ1v) is 7.25. The van der Waals surface area contributed by atoms with E-state index in [1.165, 1.54) is 6.07 Å². The molecule has 2 aromatic rings. The molecule has 1 aliphatic rings. The zero-order valence-electron chi connectivity index (χ0n) is 13.0. The van der Waals surface area contributed by atoms with Crippen molar-refractivity contribution in [3.05, 3.63) is 47.3 Å². The lowest BCUT2D eigenvalue weighted by molar-refractivity contribution is 0.410. The largest absolute Gasteiger partial charge is 0.496 e. The van der Waals surface area contributed by atoms with Crippen LogP contribution < -0.4 is 20.3 Å². The number of benzene rings is 2. The summed E-state index contributed by atoms with van der Waals surface area (Å²) < 4.78 is 19.1. The van der Waals surface area contributed by atoms with Gasteiger partial charge in [-0.15, -0.1) is 0 Å². The molecule has 0 saturated carbocycles. The molecule has 0 amide bonds. The molecular formula is C17H20FN3O. The topological polar surface area (TPSA) is 36.5 Å². The quantitative estimate of drug-likeness (QED) is 0.905. The maximum atomic E-state index is 13.6. The summed E-state index contributed by atoms with van der Waals surface area (Å²) in [5.41, 5.74) is 4.69. The summed E-state index contributed by atoms with van der Waals surface area (Å²) >= 11 is 0. The van der Waals surface area contributed by atoms with Gasteiger partial charge in [0, 0.05) is 24.8 Å². The first kappa shape index (κ1) is 14.5. The Morgan fingerprint density at radius 2 is 2.14 bits per heavy atom. The van der Waals surface area contributed by atoms with Gasteiger partial charge in [-0.1, -0.05) is 6.07 Å². The molecule has 1 aliphatic heterocycles. The van der Waals surface area contributed by atoms with Crippen LogP contribution in [0.15, 0.2) is 30.3 Å². The second kappa shape index (κ2) is 5.75. The summed E-state index contributed by atoms with van der Waals surface area (Å²) in [6.07, 6.45) is 0. The average Bonchev–Trinajstić information content (AvgIpc) is 2.90. The van der Waals surface area contributed by atoms with E-state index >= 15 is 0 Å². The molecule has 0 aliphatic carbocycles. The lowest BCUT2D eigenvalue weighted by Gasteiger charge is -2.19. The van der Waals surface area contributed by atoms with E-state index in [1.54, 1.807) is 20.1 Å². The number of nitrogens with one attached hydrogen (secondary N) is 2. The Hall–Kier alpha value is -2.43. The summed E-state index contributed by atoms with van der Waals surface area (Å²) in [6, 6.07) is 9.16. The van der Waals surface area contributed by atoms with Crippen LogP contribution in [0.1, 0.15) is 11.1 Å². The van der Waals surface area contributed by atoms with Gasteiger partial charge in [-0.25, -0.2) is 4.39 Å². The average molecular weight is 301 g/mol. The van der Waals surface area contributed by atoms with E-state index in [0.717, 1.165) is 35.0 Å². The number of nitrogens with zero attached hydrogens (tertiary/aromatic N) is 1. The van der Waals surface area contributed by atoms with Gasteiger partial charge in [0.05, 0.1) is 25.2 Å². The number of anilines is 3. The fraction of sp³-hybridized carbons (Fsp3) is 0.294. The molecule has 0 bridgehead atoms. The Bertz CT molecular complexity index is 703. The van der Waals surface area contributed by atoms with Crippen molar-refractivity contribution >= 4 is 17.1 Å². The smallest absolute Gasteiger partial charge is 0.128 e. The van der Waals surface area contributed by atoms with E-state index in [0.29, 0.717) is 12.1 Å². The molecule has 116 valence electrons. The van der Waals surface area contributed by atoms with Gasteiger partial charge >= 0.3 is 0 Å². The summed E-state index contributed by atoms with van der Waals surface area (Å²) in [7, 11) is 3.70.